The van der Waals surface area contributed by atoms with Crippen LogP contribution in [-0.2, 0) is 0 Å². The second-order valence-corrected chi connectivity index (χ2v) is 4.29. The topological polar surface area (TPSA) is 23.8 Å². The molecule has 0 amide bonds. The van der Waals surface area contributed by atoms with Gasteiger partial charge in [-0.25, -0.2) is 0 Å². The number of unbranched alkanes of at least 4 members (excludes halogenated alkanes) is 7. The van der Waals surface area contributed by atoms with Crippen LogP contribution in [-0.4, -0.2) is 0 Å². The predicted octanol–water partition coefficient (Wildman–Crippen LogP) is 4.68. The molecule has 0 aromatic carbocycles. The van der Waals surface area contributed by atoms with Crippen LogP contribution in [0.4, 0.5) is 0 Å². The Morgan fingerprint density at radius 3 is 1.93 bits per heavy atom. The molecule has 0 unspecified atom stereocenters. The smallest absolute Gasteiger partial charge is 0.0652 e. The van der Waals surface area contributed by atoms with Crippen molar-refractivity contribution in [1.82, 2.24) is 0 Å². The van der Waals surface area contributed by atoms with Crippen molar-refractivity contribution in [3.8, 4) is 6.07 Å². The molecule has 0 aliphatic rings. The van der Waals surface area contributed by atoms with Crippen LogP contribution in [0, 0.1) is 17.2 Å². The highest BCUT2D eigenvalue weighted by Gasteiger charge is 1.98. The van der Waals surface area contributed by atoms with Gasteiger partial charge in [0, 0.05) is 5.92 Å². The van der Waals surface area contributed by atoms with Gasteiger partial charge in [-0.15, -0.1) is 0 Å². The number of nitrogens with zero attached hydrogens (tertiary/aromatic N) is 1. The lowest BCUT2D eigenvalue weighted by atomic mass is 10.0. The van der Waals surface area contributed by atoms with Gasteiger partial charge in [0.2, 0.25) is 0 Å². The van der Waals surface area contributed by atoms with Gasteiger partial charge in [0.25, 0.3) is 0 Å². The Bertz CT molecular complexity index is 146. The largest absolute Gasteiger partial charge is 0.198 e. The number of nitriles is 1. The molecule has 0 aromatic rings. The van der Waals surface area contributed by atoms with Crippen molar-refractivity contribution in [3.63, 3.8) is 0 Å². The standard InChI is InChI=1S/C13H25N/c1-3-4-5-6-7-8-9-10-11-13(2)12-14/h13H,3-11H2,1-2H3/t13-/m0/s1. The summed E-state index contributed by atoms with van der Waals surface area (Å²) in [5.74, 6) is 0.259. The molecule has 0 spiro atoms. The molecule has 0 aliphatic heterocycles. The lowest BCUT2D eigenvalue weighted by Gasteiger charge is -2.02. The minimum absolute atomic E-state index is 0.259. The highest BCUT2D eigenvalue weighted by Crippen LogP contribution is 2.12. The Morgan fingerprint density at radius 2 is 1.43 bits per heavy atom. The first-order valence-electron chi connectivity index (χ1n) is 6.20. The molecule has 14 heavy (non-hydrogen) atoms. The molecule has 82 valence electrons. The molecule has 0 aliphatic carbocycles. The molecule has 0 heterocycles. The average Bonchev–Trinajstić information content (AvgIpc) is 2.21. The van der Waals surface area contributed by atoms with Crippen molar-refractivity contribution in [1.29, 1.82) is 5.26 Å². The summed E-state index contributed by atoms with van der Waals surface area (Å²) in [5, 5.41) is 8.58. The maximum absolute atomic E-state index is 8.58. The fourth-order valence-corrected chi connectivity index (χ4v) is 1.65. The number of rotatable bonds is 9. The van der Waals surface area contributed by atoms with E-state index in [4.69, 9.17) is 5.26 Å². The van der Waals surface area contributed by atoms with Crippen LogP contribution in [0.3, 0.4) is 0 Å². The highest BCUT2D eigenvalue weighted by molar-refractivity contribution is 4.77. The molecule has 0 fully saturated rings. The summed E-state index contributed by atoms with van der Waals surface area (Å²) in [6.07, 6.45) is 11.9. The molecule has 1 atom stereocenters. The van der Waals surface area contributed by atoms with Gasteiger partial charge in [-0.05, 0) is 13.3 Å². The number of hydrogen-bond donors (Lipinski definition) is 0. The Labute approximate surface area is 89.5 Å². The van der Waals surface area contributed by atoms with Crippen LogP contribution in [0.25, 0.3) is 0 Å². The molecule has 0 N–H and O–H groups in total. The second kappa shape index (κ2) is 10.6. The minimum Gasteiger partial charge on any atom is -0.198 e. The first-order valence-corrected chi connectivity index (χ1v) is 6.20. The second-order valence-electron chi connectivity index (χ2n) is 4.29. The zero-order valence-corrected chi connectivity index (χ0v) is 9.89. The summed E-state index contributed by atoms with van der Waals surface area (Å²) >= 11 is 0. The van der Waals surface area contributed by atoms with E-state index < -0.39 is 0 Å². The zero-order chi connectivity index (χ0) is 10.6. The van der Waals surface area contributed by atoms with Gasteiger partial charge in [0.15, 0.2) is 0 Å². The van der Waals surface area contributed by atoms with Gasteiger partial charge in [-0.1, -0.05) is 58.3 Å². The first-order chi connectivity index (χ1) is 6.81. The summed E-state index contributed by atoms with van der Waals surface area (Å²) in [4.78, 5) is 0. The van der Waals surface area contributed by atoms with E-state index in [9.17, 15) is 0 Å². The van der Waals surface area contributed by atoms with E-state index in [1.165, 1.54) is 51.4 Å². The molecular formula is C13H25N. The number of hydrogen-bond acceptors (Lipinski definition) is 1. The first kappa shape index (κ1) is 13.5. The third-order valence-corrected chi connectivity index (χ3v) is 2.71. The molecule has 0 saturated carbocycles. The van der Waals surface area contributed by atoms with Gasteiger partial charge >= 0.3 is 0 Å². The Hall–Kier alpha value is -0.510. The van der Waals surface area contributed by atoms with E-state index in [1.54, 1.807) is 0 Å². The van der Waals surface area contributed by atoms with Crippen molar-refractivity contribution in [3.05, 3.63) is 0 Å². The Kier molecular flexibility index (Phi) is 10.2. The fourth-order valence-electron chi connectivity index (χ4n) is 1.65. The Balaban J connectivity index is 2.96. The van der Waals surface area contributed by atoms with Crippen molar-refractivity contribution >= 4 is 0 Å². The molecule has 0 saturated heterocycles. The normalized spacial score (nSPS) is 12.4. The molecule has 0 bridgehead atoms. The van der Waals surface area contributed by atoms with Crippen LogP contribution < -0.4 is 0 Å². The third kappa shape index (κ3) is 9.58. The van der Waals surface area contributed by atoms with Gasteiger partial charge in [0.1, 0.15) is 0 Å². The summed E-state index contributed by atoms with van der Waals surface area (Å²) < 4.78 is 0. The summed E-state index contributed by atoms with van der Waals surface area (Å²) in [6, 6.07) is 2.28. The van der Waals surface area contributed by atoms with E-state index in [2.05, 4.69) is 13.0 Å². The monoisotopic (exact) mass is 195 g/mol. The van der Waals surface area contributed by atoms with E-state index in [-0.39, 0.29) is 5.92 Å². The molecule has 1 nitrogen and oxygen atoms in total. The fraction of sp³-hybridized carbons (Fsp3) is 0.923. The molecule has 0 rings (SSSR count). The summed E-state index contributed by atoms with van der Waals surface area (Å²) in [5.41, 5.74) is 0. The van der Waals surface area contributed by atoms with Crippen molar-refractivity contribution in [2.24, 2.45) is 5.92 Å². The van der Waals surface area contributed by atoms with Crippen LogP contribution in [0.15, 0.2) is 0 Å². The van der Waals surface area contributed by atoms with Crippen molar-refractivity contribution in [2.45, 2.75) is 71.6 Å². The average molecular weight is 195 g/mol. The Morgan fingerprint density at radius 1 is 0.929 bits per heavy atom. The van der Waals surface area contributed by atoms with E-state index in [1.807, 2.05) is 6.92 Å². The van der Waals surface area contributed by atoms with Crippen LogP contribution >= 0.6 is 0 Å². The lowest BCUT2D eigenvalue weighted by molar-refractivity contribution is 0.537. The van der Waals surface area contributed by atoms with Gasteiger partial charge in [0.05, 0.1) is 6.07 Å². The van der Waals surface area contributed by atoms with Crippen LogP contribution in [0.5, 0.6) is 0 Å². The van der Waals surface area contributed by atoms with Crippen LogP contribution in [0.2, 0.25) is 0 Å². The van der Waals surface area contributed by atoms with E-state index in [0.29, 0.717) is 0 Å². The zero-order valence-electron chi connectivity index (χ0n) is 9.89. The molecule has 0 radical (unpaired) electrons. The van der Waals surface area contributed by atoms with Gasteiger partial charge in [-0.2, -0.15) is 5.26 Å². The molecular weight excluding hydrogens is 170 g/mol. The van der Waals surface area contributed by atoms with Crippen LogP contribution in [0.1, 0.15) is 71.6 Å². The van der Waals surface area contributed by atoms with Crippen molar-refractivity contribution < 1.29 is 0 Å². The van der Waals surface area contributed by atoms with E-state index in [0.717, 1.165) is 6.42 Å². The minimum atomic E-state index is 0.259. The van der Waals surface area contributed by atoms with E-state index >= 15 is 0 Å². The molecule has 1 heteroatoms. The quantitative estimate of drug-likeness (QED) is 0.490. The van der Waals surface area contributed by atoms with Gasteiger partial charge in [-0.3, -0.25) is 0 Å². The maximum Gasteiger partial charge on any atom is 0.0652 e. The lowest BCUT2D eigenvalue weighted by Crippen LogP contribution is -1.89. The predicted molar refractivity (Wildman–Crippen MR) is 62.0 cm³/mol. The highest BCUT2D eigenvalue weighted by atomic mass is 14.3. The summed E-state index contributed by atoms with van der Waals surface area (Å²) in [6.45, 7) is 4.27. The molecule has 0 aromatic heterocycles. The third-order valence-electron chi connectivity index (χ3n) is 2.71. The van der Waals surface area contributed by atoms with Gasteiger partial charge < -0.3 is 0 Å². The maximum atomic E-state index is 8.58. The SMILES string of the molecule is CCCCCCCCCC[C@H](C)C#N. The van der Waals surface area contributed by atoms with Crippen molar-refractivity contribution in [2.75, 3.05) is 0 Å². The summed E-state index contributed by atoms with van der Waals surface area (Å²) in [7, 11) is 0.